The van der Waals surface area contributed by atoms with E-state index in [4.69, 9.17) is 0 Å². The molecule has 0 saturated heterocycles. The van der Waals surface area contributed by atoms with Crippen molar-refractivity contribution in [3.8, 4) is 0 Å². The molecule has 2 atom stereocenters. The van der Waals surface area contributed by atoms with E-state index >= 15 is 0 Å². The summed E-state index contributed by atoms with van der Waals surface area (Å²) in [5.41, 5.74) is 0.619. The molecule has 0 aromatic heterocycles. The minimum Gasteiger partial charge on any atom is -0.352 e. The fourth-order valence-corrected chi connectivity index (χ4v) is 4.71. The fourth-order valence-electron chi connectivity index (χ4n) is 3.83. The molecular weight excluding hydrogens is 464 g/mol. The van der Waals surface area contributed by atoms with Crippen molar-refractivity contribution >= 4 is 39.9 Å². The Hall–Kier alpha value is -3.14. The highest BCUT2D eigenvalue weighted by atomic mass is 32.2. The molecule has 7 nitrogen and oxygen atoms in total. The van der Waals surface area contributed by atoms with Crippen LogP contribution in [0.25, 0.3) is 0 Å². The SMILES string of the molecule is C[C@H](C(=O)NC1CCCC1)N(C(=O)C[S@@](=O)CC(=O)Nc1ccc(F)cc1)c1ccc(F)cc1. The van der Waals surface area contributed by atoms with Gasteiger partial charge in [-0.2, -0.15) is 0 Å². The molecule has 2 N–H and O–H groups in total. The third-order valence-corrected chi connectivity index (χ3v) is 6.70. The van der Waals surface area contributed by atoms with E-state index in [0.717, 1.165) is 25.7 Å². The van der Waals surface area contributed by atoms with E-state index in [1.807, 2.05) is 0 Å². The predicted octanol–water partition coefficient (Wildman–Crippen LogP) is 3.13. The van der Waals surface area contributed by atoms with Crippen LogP contribution in [0.5, 0.6) is 0 Å². The van der Waals surface area contributed by atoms with Gasteiger partial charge in [0.1, 0.15) is 29.2 Å². The number of hydrogen-bond acceptors (Lipinski definition) is 4. The number of nitrogens with one attached hydrogen (secondary N) is 2. The van der Waals surface area contributed by atoms with Gasteiger partial charge in [0.2, 0.25) is 17.7 Å². The first-order valence-electron chi connectivity index (χ1n) is 11.0. The molecule has 34 heavy (non-hydrogen) atoms. The number of hydrogen-bond donors (Lipinski definition) is 2. The van der Waals surface area contributed by atoms with Crippen molar-refractivity contribution in [1.82, 2.24) is 5.32 Å². The highest BCUT2D eigenvalue weighted by Crippen LogP contribution is 2.21. The van der Waals surface area contributed by atoms with E-state index in [1.54, 1.807) is 6.92 Å². The third kappa shape index (κ3) is 7.18. The first kappa shape index (κ1) is 25.5. The van der Waals surface area contributed by atoms with E-state index in [-0.39, 0.29) is 17.6 Å². The van der Waals surface area contributed by atoms with Gasteiger partial charge in [-0.3, -0.25) is 23.5 Å². The van der Waals surface area contributed by atoms with E-state index in [9.17, 15) is 27.4 Å². The van der Waals surface area contributed by atoms with Crippen molar-refractivity contribution in [3.63, 3.8) is 0 Å². The Bertz CT molecular complexity index is 1040. The molecule has 0 radical (unpaired) electrons. The number of carbonyl (C=O) groups excluding carboxylic acids is 3. The average Bonchev–Trinajstić information content (AvgIpc) is 3.29. The summed E-state index contributed by atoms with van der Waals surface area (Å²) in [6.07, 6.45) is 3.80. The number of anilines is 2. The minimum absolute atomic E-state index is 0.0457. The lowest BCUT2D eigenvalue weighted by atomic mass is 10.1. The van der Waals surface area contributed by atoms with Crippen molar-refractivity contribution < 1.29 is 27.4 Å². The second-order valence-electron chi connectivity index (χ2n) is 8.19. The maximum Gasteiger partial charge on any atom is 0.243 e. The van der Waals surface area contributed by atoms with Crippen LogP contribution in [-0.4, -0.2) is 45.5 Å². The monoisotopic (exact) mass is 491 g/mol. The smallest absolute Gasteiger partial charge is 0.243 e. The van der Waals surface area contributed by atoms with Gasteiger partial charge in [0.15, 0.2) is 0 Å². The molecule has 1 aliphatic rings. The van der Waals surface area contributed by atoms with Crippen LogP contribution in [0.15, 0.2) is 48.5 Å². The summed E-state index contributed by atoms with van der Waals surface area (Å²) in [6, 6.07) is 9.28. The van der Waals surface area contributed by atoms with Crippen LogP contribution in [-0.2, 0) is 25.2 Å². The number of nitrogens with zero attached hydrogens (tertiary/aromatic N) is 1. The second kappa shape index (κ2) is 11.8. The molecule has 3 amide bonds. The zero-order valence-corrected chi connectivity index (χ0v) is 19.6. The Morgan fingerprint density at radius 3 is 2.12 bits per heavy atom. The molecule has 0 aliphatic heterocycles. The normalized spacial score (nSPS) is 15.4. The molecular formula is C24H27F2N3O4S. The van der Waals surface area contributed by atoms with Gasteiger partial charge < -0.3 is 10.6 Å². The number of halogens is 2. The molecule has 3 rings (SSSR count). The lowest BCUT2D eigenvalue weighted by Crippen LogP contribution is -2.51. The Morgan fingerprint density at radius 2 is 1.53 bits per heavy atom. The summed E-state index contributed by atoms with van der Waals surface area (Å²) < 4.78 is 39.0. The van der Waals surface area contributed by atoms with Crippen LogP contribution < -0.4 is 15.5 Å². The molecule has 0 spiro atoms. The maximum absolute atomic E-state index is 13.4. The van der Waals surface area contributed by atoms with Gasteiger partial charge in [0.25, 0.3) is 0 Å². The maximum atomic E-state index is 13.4. The van der Waals surface area contributed by atoms with Crippen LogP contribution in [0.4, 0.5) is 20.2 Å². The van der Waals surface area contributed by atoms with Gasteiger partial charge >= 0.3 is 0 Å². The molecule has 1 saturated carbocycles. The molecule has 0 unspecified atom stereocenters. The molecule has 0 bridgehead atoms. The number of amides is 3. The average molecular weight is 492 g/mol. The van der Waals surface area contributed by atoms with Crippen molar-refractivity contribution in [2.75, 3.05) is 21.7 Å². The van der Waals surface area contributed by atoms with Gasteiger partial charge in [-0.15, -0.1) is 0 Å². The number of rotatable bonds is 9. The highest BCUT2D eigenvalue weighted by Gasteiger charge is 2.30. The van der Waals surface area contributed by atoms with Crippen LogP contribution in [0.1, 0.15) is 32.6 Å². The Morgan fingerprint density at radius 1 is 0.971 bits per heavy atom. The molecule has 182 valence electrons. The highest BCUT2D eigenvalue weighted by molar-refractivity contribution is 7.86. The van der Waals surface area contributed by atoms with Gasteiger partial charge in [0, 0.05) is 28.2 Å². The largest absolute Gasteiger partial charge is 0.352 e. The molecule has 10 heteroatoms. The van der Waals surface area contributed by atoms with Crippen molar-refractivity contribution in [2.24, 2.45) is 0 Å². The van der Waals surface area contributed by atoms with Crippen LogP contribution in [0.2, 0.25) is 0 Å². The van der Waals surface area contributed by atoms with E-state index < -0.39 is 51.8 Å². The molecule has 2 aromatic carbocycles. The standard InChI is InChI=1S/C24H27F2N3O4S/c1-16(24(32)28-19-4-2-3-5-19)29(21-12-8-18(26)9-13-21)23(31)15-34(33)14-22(30)27-20-10-6-17(25)7-11-20/h6-13,16,19H,2-5,14-15H2,1H3,(H,27,30)(H,28,32)/t16-,34+/m1/s1. The lowest BCUT2D eigenvalue weighted by molar-refractivity contribution is -0.125. The van der Waals surface area contributed by atoms with E-state index in [2.05, 4.69) is 10.6 Å². The lowest BCUT2D eigenvalue weighted by Gasteiger charge is -2.29. The summed E-state index contributed by atoms with van der Waals surface area (Å²) in [4.78, 5) is 39.3. The molecule has 1 fully saturated rings. The first-order chi connectivity index (χ1) is 16.2. The summed E-state index contributed by atoms with van der Waals surface area (Å²) in [5, 5.41) is 5.43. The predicted molar refractivity (Wildman–Crippen MR) is 127 cm³/mol. The van der Waals surface area contributed by atoms with Gasteiger partial charge in [-0.25, -0.2) is 8.78 Å². The zero-order valence-electron chi connectivity index (χ0n) is 18.8. The third-order valence-electron chi connectivity index (χ3n) is 5.55. The van der Waals surface area contributed by atoms with E-state index in [0.29, 0.717) is 5.69 Å². The topological polar surface area (TPSA) is 95.6 Å². The fraction of sp³-hybridized carbons (Fsp3) is 0.375. The Labute approximate surface area is 199 Å². The minimum atomic E-state index is -1.87. The Kier molecular flexibility index (Phi) is 8.86. The van der Waals surface area contributed by atoms with Crippen molar-refractivity contribution in [2.45, 2.75) is 44.7 Å². The quantitative estimate of drug-likeness (QED) is 0.564. The van der Waals surface area contributed by atoms with Gasteiger partial charge in [0.05, 0.1) is 0 Å². The number of benzene rings is 2. The summed E-state index contributed by atoms with van der Waals surface area (Å²) in [6.45, 7) is 1.55. The number of carbonyl (C=O) groups is 3. The van der Waals surface area contributed by atoms with Crippen LogP contribution in [0.3, 0.4) is 0 Å². The molecule has 0 heterocycles. The van der Waals surface area contributed by atoms with Gasteiger partial charge in [-0.1, -0.05) is 12.8 Å². The van der Waals surface area contributed by atoms with Crippen molar-refractivity contribution in [1.29, 1.82) is 0 Å². The van der Waals surface area contributed by atoms with Crippen molar-refractivity contribution in [3.05, 3.63) is 60.2 Å². The summed E-state index contributed by atoms with van der Waals surface area (Å²) in [5.74, 6) is -3.51. The van der Waals surface area contributed by atoms with Crippen LogP contribution in [0, 0.1) is 11.6 Å². The summed E-state index contributed by atoms with van der Waals surface area (Å²) >= 11 is 0. The zero-order chi connectivity index (χ0) is 24.7. The molecule has 1 aliphatic carbocycles. The first-order valence-corrected chi connectivity index (χ1v) is 12.5. The van der Waals surface area contributed by atoms with E-state index in [1.165, 1.54) is 53.4 Å². The summed E-state index contributed by atoms with van der Waals surface area (Å²) in [7, 11) is -1.87. The Balaban J connectivity index is 1.66. The van der Waals surface area contributed by atoms with Gasteiger partial charge in [-0.05, 0) is 68.3 Å². The second-order valence-corrected chi connectivity index (χ2v) is 9.65. The van der Waals surface area contributed by atoms with Crippen LogP contribution >= 0.6 is 0 Å². The molecule has 2 aromatic rings.